The molecule has 0 bridgehead atoms. The topological polar surface area (TPSA) is 56.3 Å². The molecule has 0 aliphatic heterocycles. The predicted molar refractivity (Wildman–Crippen MR) is 69.6 cm³/mol. The minimum atomic E-state index is -4.66. The minimum absolute atomic E-state index is 0.00206. The summed E-state index contributed by atoms with van der Waals surface area (Å²) < 4.78 is 48.6. The molecule has 1 aromatic carbocycles. The molecule has 0 radical (unpaired) electrons. The molecule has 5 nitrogen and oxygen atoms in total. The van der Waals surface area contributed by atoms with Crippen molar-refractivity contribution in [3.05, 3.63) is 36.2 Å². The van der Waals surface area contributed by atoms with Crippen molar-refractivity contribution < 1.29 is 22.6 Å². The number of nitrogens with one attached hydrogen (secondary N) is 1. The van der Waals surface area contributed by atoms with E-state index in [-0.39, 0.29) is 17.4 Å². The molecule has 2 aromatic rings. The van der Waals surface area contributed by atoms with Crippen molar-refractivity contribution in [3.63, 3.8) is 0 Å². The van der Waals surface area contributed by atoms with E-state index in [0.717, 1.165) is 0 Å². The van der Waals surface area contributed by atoms with Gasteiger partial charge in [-0.25, -0.2) is 4.98 Å². The molecule has 0 amide bonds. The fraction of sp³-hybridized carbons (Fsp3) is 0.231. The van der Waals surface area contributed by atoms with E-state index >= 15 is 0 Å². The molecule has 8 heteroatoms. The van der Waals surface area contributed by atoms with Crippen molar-refractivity contribution in [3.8, 4) is 17.4 Å². The predicted octanol–water partition coefficient (Wildman–Crippen LogP) is 3.34. The number of methoxy groups -OCH3 is 1. The number of ether oxygens (including phenoxy) is 2. The Kier molecular flexibility index (Phi) is 4.15. The molecule has 2 rings (SSSR count). The van der Waals surface area contributed by atoms with Gasteiger partial charge in [0.05, 0.1) is 7.11 Å². The molecule has 0 aliphatic carbocycles. The van der Waals surface area contributed by atoms with Crippen molar-refractivity contribution >= 4 is 5.82 Å². The van der Waals surface area contributed by atoms with Gasteiger partial charge >= 0.3 is 6.18 Å². The van der Waals surface area contributed by atoms with E-state index in [1.807, 2.05) is 0 Å². The lowest BCUT2D eigenvalue weighted by molar-refractivity contribution is -0.145. The summed E-state index contributed by atoms with van der Waals surface area (Å²) in [4.78, 5) is 6.72. The molecular formula is C13H12F3N3O2. The smallest absolute Gasteiger partial charge is 0.451 e. The Morgan fingerprint density at radius 2 is 1.76 bits per heavy atom. The molecule has 112 valence electrons. The second-order valence-electron chi connectivity index (χ2n) is 3.92. The SMILES string of the molecule is CNc1cc(Oc2ccccc2OC)nc(C(F)(F)F)n1. The summed E-state index contributed by atoms with van der Waals surface area (Å²) >= 11 is 0. The number of hydrogen-bond donors (Lipinski definition) is 1. The van der Waals surface area contributed by atoms with Crippen LogP contribution in [0.5, 0.6) is 17.4 Å². The number of nitrogens with zero attached hydrogens (tertiary/aromatic N) is 2. The van der Waals surface area contributed by atoms with Crippen LogP contribution in [0.25, 0.3) is 0 Å². The first-order chi connectivity index (χ1) is 9.94. The van der Waals surface area contributed by atoms with Crippen LogP contribution in [0, 0.1) is 0 Å². The molecule has 1 heterocycles. The van der Waals surface area contributed by atoms with Gasteiger partial charge in [-0.15, -0.1) is 0 Å². The van der Waals surface area contributed by atoms with Gasteiger partial charge in [-0.3, -0.25) is 0 Å². The number of hydrogen-bond acceptors (Lipinski definition) is 5. The fourth-order valence-corrected chi connectivity index (χ4v) is 1.55. The largest absolute Gasteiger partial charge is 0.493 e. The summed E-state index contributed by atoms with van der Waals surface area (Å²) in [6.07, 6.45) is -4.66. The Hall–Kier alpha value is -2.51. The van der Waals surface area contributed by atoms with Crippen molar-refractivity contribution in [1.29, 1.82) is 0 Å². The Balaban J connectivity index is 2.39. The zero-order valence-electron chi connectivity index (χ0n) is 11.2. The molecule has 0 spiro atoms. The average Bonchev–Trinajstić information content (AvgIpc) is 2.46. The molecule has 0 fully saturated rings. The van der Waals surface area contributed by atoms with Crippen LogP contribution in [-0.2, 0) is 6.18 Å². The Morgan fingerprint density at radius 1 is 1.10 bits per heavy atom. The lowest BCUT2D eigenvalue weighted by Gasteiger charge is -2.12. The third-order valence-electron chi connectivity index (χ3n) is 2.50. The Labute approximate surface area is 118 Å². The normalized spacial score (nSPS) is 11.1. The van der Waals surface area contributed by atoms with Gasteiger partial charge in [-0.2, -0.15) is 18.2 Å². The van der Waals surface area contributed by atoms with Crippen LogP contribution in [-0.4, -0.2) is 24.1 Å². The van der Waals surface area contributed by atoms with Gasteiger partial charge in [-0.05, 0) is 12.1 Å². The summed E-state index contributed by atoms with van der Waals surface area (Å²) in [6.45, 7) is 0. The lowest BCUT2D eigenvalue weighted by atomic mass is 10.3. The number of anilines is 1. The number of rotatable bonds is 4. The van der Waals surface area contributed by atoms with Crippen molar-refractivity contribution in [1.82, 2.24) is 9.97 Å². The maximum atomic E-state index is 12.7. The number of benzene rings is 1. The highest BCUT2D eigenvalue weighted by Crippen LogP contribution is 2.33. The second-order valence-corrected chi connectivity index (χ2v) is 3.92. The van der Waals surface area contributed by atoms with E-state index in [4.69, 9.17) is 9.47 Å². The fourth-order valence-electron chi connectivity index (χ4n) is 1.55. The maximum absolute atomic E-state index is 12.7. The molecular weight excluding hydrogens is 287 g/mol. The lowest BCUT2D eigenvalue weighted by Crippen LogP contribution is -2.13. The summed E-state index contributed by atoms with van der Waals surface area (Å²) in [5.41, 5.74) is 0. The number of aromatic nitrogens is 2. The first kappa shape index (κ1) is 14.9. The summed E-state index contributed by atoms with van der Waals surface area (Å²) in [5, 5.41) is 2.53. The van der Waals surface area contributed by atoms with E-state index in [2.05, 4.69) is 15.3 Å². The first-order valence-corrected chi connectivity index (χ1v) is 5.89. The van der Waals surface area contributed by atoms with E-state index in [0.29, 0.717) is 5.75 Å². The summed E-state index contributed by atoms with van der Waals surface area (Å²) in [6, 6.07) is 7.84. The third kappa shape index (κ3) is 3.53. The minimum Gasteiger partial charge on any atom is -0.493 e. The zero-order chi connectivity index (χ0) is 15.5. The second kappa shape index (κ2) is 5.86. The van der Waals surface area contributed by atoms with Gasteiger partial charge < -0.3 is 14.8 Å². The first-order valence-electron chi connectivity index (χ1n) is 5.89. The van der Waals surface area contributed by atoms with Gasteiger partial charge in [0.15, 0.2) is 11.5 Å². The van der Waals surface area contributed by atoms with Gasteiger partial charge in [0.1, 0.15) is 5.82 Å². The van der Waals surface area contributed by atoms with Crippen LogP contribution in [0.1, 0.15) is 5.82 Å². The van der Waals surface area contributed by atoms with Crippen molar-refractivity contribution in [2.24, 2.45) is 0 Å². The van der Waals surface area contributed by atoms with Gasteiger partial charge in [0.25, 0.3) is 0 Å². The van der Waals surface area contributed by atoms with Crippen molar-refractivity contribution in [2.45, 2.75) is 6.18 Å². The number of para-hydroxylation sites is 2. The molecule has 21 heavy (non-hydrogen) atoms. The van der Waals surface area contributed by atoms with Crippen molar-refractivity contribution in [2.75, 3.05) is 19.5 Å². The number of alkyl halides is 3. The number of halogens is 3. The van der Waals surface area contributed by atoms with Gasteiger partial charge in [-0.1, -0.05) is 12.1 Å². The zero-order valence-corrected chi connectivity index (χ0v) is 11.2. The molecule has 0 atom stereocenters. The molecule has 0 saturated heterocycles. The monoisotopic (exact) mass is 299 g/mol. The van der Waals surface area contributed by atoms with Crippen LogP contribution in [0.15, 0.2) is 30.3 Å². The summed E-state index contributed by atoms with van der Waals surface area (Å²) in [7, 11) is 2.89. The van der Waals surface area contributed by atoms with Crippen LogP contribution in [0.2, 0.25) is 0 Å². The average molecular weight is 299 g/mol. The van der Waals surface area contributed by atoms with E-state index < -0.39 is 12.0 Å². The third-order valence-corrected chi connectivity index (χ3v) is 2.50. The van der Waals surface area contributed by atoms with Gasteiger partial charge in [0.2, 0.25) is 11.7 Å². The van der Waals surface area contributed by atoms with Crippen LogP contribution in [0.4, 0.5) is 19.0 Å². The van der Waals surface area contributed by atoms with Crippen LogP contribution >= 0.6 is 0 Å². The Morgan fingerprint density at radius 3 is 2.33 bits per heavy atom. The highest BCUT2D eigenvalue weighted by Gasteiger charge is 2.35. The quantitative estimate of drug-likeness (QED) is 0.938. The van der Waals surface area contributed by atoms with E-state index in [1.165, 1.54) is 20.2 Å². The van der Waals surface area contributed by atoms with E-state index in [1.54, 1.807) is 24.3 Å². The molecule has 0 aliphatic rings. The van der Waals surface area contributed by atoms with Gasteiger partial charge in [0, 0.05) is 13.1 Å². The molecule has 0 unspecified atom stereocenters. The maximum Gasteiger partial charge on any atom is 0.451 e. The van der Waals surface area contributed by atoms with E-state index in [9.17, 15) is 13.2 Å². The molecule has 1 aromatic heterocycles. The molecule has 1 N–H and O–H groups in total. The van der Waals surface area contributed by atoms with Crippen LogP contribution in [0.3, 0.4) is 0 Å². The standard InChI is InChI=1S/C13H12F3N3O2/c1-17-10-7-11(19-12(18-10)13(14,15)16)21-9-6-4-3-5-8(9)20-2/h3-7H,1-2H3,(H,17,18,19). The highest BCUT2D eigenvalue weighted by atomic mass is 19.4. The van der Waals surface area contributed by atoms with Crippen LogP contribution < -0.4 is 14.8 Å². The summed E-state index contributed by atoms with van der Waals surface area (Å²) in [5.74, 6) is -0.864. The Bertz CT molecular complexity index is 632. The highest BCUT2D eigenvalue weighted by molar-refractivity contribution is 5.44. The molecule has 0 saturated carbocycles.